The molecule has 0 saturated carbocycles. The Hall–Kier alpha value is 0.660. The van der Waals surface area contributed by atoms with Crippen LogP contribution in [0.4, 0.5) is 0 Å². The highest BCUT2D eigenvalue weighted by molar-refractivity contribution is 9.11. The highest BCUT2D eigenvalue weighted by atomic mass is 79.9. The molecule has 0 fully saturated rings. The molecular formula is C8H10Br2S. The minimum atomic E-state index is 0.220. The van der Waals surface area contributed by atoms with E-state index in [1.54, 1.807) is 11.3 Å². The van der Waals surface area contributed by atoms with Crippen molar-refractivity contribution in [1.82, 2.24) is 0 Å². The first-order valence-corrected chi connectivity index (χ1v) is 5.82. The molecule has 62 valence electrons. The molecule has 0 aliphatic heterocycles. The number of hydrogen-bond donors (Lipinski definition) is 0. The molecule has 0 aliphatic carbocycles. The lowest BCUT2D eigenvalue weighted by Crippen LogP contribution is -2.10. The zero-order valence-electron chi connectivity index (χ0n) is 6.74. The van der Waals surface area contributed by atoms with Gasteiger partial charge in [0.15, 0.2) is 0 Å². The smallest absolute Gasteiger partial charge is 0.0747 e. The van der Waals surface area contributed by atoms with E-state index in [9.17, 15) is 0 Å². The van der Waals surface area contributed by atoms with E-state index in [0.29, 0.717) is 0 Å². The average Bonchev–Trinajstić information content (AvgIpc) is 2.08. The molecule has 0 spiro atoms. The maximum Gasteiger partial charge on any atom is 0.0747 e. The van der Waals surface area contributed by atoms with Gasteiger partial charge in [0.2, 0.25) is 0 Å². The van der Waals surface area contributed by atoms with Crippen LogP contribution < -0.4 is 0 Å². The number of thiophene rings is 1. The molecule has 1 aromatic heterocycles. The van der Waals surface area contributed by atoms with Gasteiger partial charge in [-0.05, 0) is 42.8 Å². The average molecular weight is 298 g/mol. The van der Waals surface area contributed by atoms with Crippen molar-refractivity contribution < 1.29 is 0 Å². The lowest BCUT2D eigenvalue weighted by atomic mass is 9.89. The van der Waals surface area contributed by atoms with Crippen molar-refractivity contribution in [3.63, 3.8) is 0 Å². The molecule has 0 unspecified atom stereocenters. The largest absolute Gasteiger partial charge is 0.135 e. The molecule has 1 aromatic rings. The first-order chi connectivity index (χ1) is 4.93. The van der Waals surface area contributed by atoms with Crippen LogP contribution in [0.5, 0.6) is 0 Å². The maximum absolute atomic E-state index is 3.54. The summed E-state index contributed by atoms with van der Waals surface area (Å²) in [7, 11) is 0. The highest BCUT2D eigenvalue weighted by Gasteiger charge is 2.21. The third kappa shape index (κ3) is 2.07. The maximum atomic E-state index is 3.54. The zero-order chi connectivity index (χ0) is 8.65. The Morgan fingerprint density at radius 1 is 1.27 bits per heavy atom. The van der Waals surface area contributed by atoms with Gasteiger partial charge in [-0.1, -0.05) is 20.8 Å². The minimum Gasteiger partial charge on any atom is -0.135 e. The van der Waals surface area contributed by atoms with Crippen LogP contribution >= 0.6 is 43.2 Å². The van der Waals surface area contributed by atoms with Crippen molar-refractivity contribution in [2.75, 3.05) is 0 Å². The molecule has 0 aromatic carbocycles. The number of rotatable bonds is 0. The summed E-state index contributed by atoms with van der Waals surface area (Å²) in [6.45, 7) is 6.64. The summed E-state index contributed by atoms with van der Waals surface area (Å²) in [5.74, 6) is 0. The first-order valence-electron chi connectivity index (χ1n) is 3.36. The summed E-state index contributed by atoms with van der Waals surface area (Å²) in [6.07, 6.45) is 0. The van der Waals surface area contributed by atoms with Crippen LogP contribution in [0.2, 0.25) is 0 Å². The van der Waals surface area contributed by atoms with Gasteiger partial charge < -0.3 is 0 Å². The predicted octanol–water partition coefficient (Wildman–Crippen LogP) is 4.57. The van der Waals surface area contributed by atoms with Crippen molar-refractivity contribution >= 4 is 43.2 Å². The van der Waals surface area contributed by atoms with E-state index in [2.05, 4.69) is 58.0 Å². The Kier molecular flexibility index (Phi) is 2.83. The van der Waals surface area contributed by atoms with Crippen LogP contribution in [0.1, 0.15) is 26.3 Å². The topological polar surface area (TPSA) is 0 Å². The third-order valence-electron chi connectivity index (χ3n) is 1.45. The van der Waals surface area contributed by atoms with E-state index < -0.39 is 0 Å². The second-order valence-corrected chi connectivity index (χ2v) is 6.53. The molecule has 0 nitrogen and oxygen atoms in total. The molecule has 0 saturated heterocycles. The Labute approximate surface area is 88.3 Å². The minimum absolute atomic E-state index is 0.220. The highest BCUT2D eigenvalue weighted by Crippen LogP contribution is 2.39. The van der Waals surface area contributed by atoms with Crippen LogP contribution in [0, 0.1) is 0 Å². The van der Waals surface area contributed by atoms with Gasteiger partial charge in [0, 0.05) is 9.85 Å². The second-order valence-electron chi connectivity index (χ2n) is 3.48. The summed E-state index contributed by atoms with van der Waals surface area (Å²) in [6, 6.07) is 0. The Bertz CT molecular complexity index is 238. The van der Waals surface area contributed by atoms with E-state index in [1.807, 2.05) is 0 Å². The Balaban J connectivity index is 3.21. The van der Waals surface area contributed by atoms with E-state index in [-0.39, 0.29) is 5.41 Å². The lowest BCUT2D eigenvalue weighted by Gasteiger charge is -2.18. The molecule has 11 heavy (non-hydrogen) atoms. The van der Waals surface area contributed by atoms with Crippen LogP contribution in [0.3, 0.4) is 0 Å². The summed E-state index contributed by atoms with van der Waals surface area (Å²) in [5, 5.41) is 2.12. The van der Waals surface area contributed by atoms with Gasteiger partial charge in [0.1, 0.15) is 0 Å². The van der Waals surface area contributed by atoms with E-state index >= 15 is 0 Å². The molecule has 1 heterocycles. The van der Waals surface area contributed by atoms with E-state index in [1.165, 1.54) is 13.8 Å². The molecule has 0 amide bonds. The fourth-order valence-corrected chi connectivity index (χ4v) is 4.39. The van der Waals surface area contributed by atoms with Crippen molar-refractivity contribution in [2.24, 2.45) is 0 Å². The van der Waals surface area contributed by atoms with E-state index in [0.717, 1.165) is 0 Å². The standard InChI is InChI=1S/C8H10Br2S/c1-8(2,3)6-5(9)4-11-7(6)10/h4H,1-3H3. The fourth-order valence-electron chi connectivity index (χ4n) is 0.968. The van der Waals surface area contributed by atoms with Gasteiger partial charge >= 0.3 is 0 Å². The van der Waals surface area contributed by atoms with Gasteiger partial charge in [0.05, 0.1) is 3.79 Å². The predicted molar refractivity (Wildman–Crippen MR) is 58.4 cm³/mol. The monoisotopic (exact) mass is 296 g/mol. The summed E-state index contributed by atoms with van der Waals surface area (Å²) >= 11 is 8.80. The fraction of sp³-hybridized carbons (Fsp3) is 0.500. The van der Waals surface area contributed by atoms with Gasteiger partial charge in [-0.3, -0.25) is 0 Å². The summed E-state index contributed by atoms with van der Waals surface area (Å²) in [5.41, 5.74) is 1.58. The molecule has 0 N–H and O–H groups in total. The van der Waals surface area contributed by atoms with Crippen LogP contribution in [0.25, 0.3) is 0 Å². The van der Waals surface area contributed by atoms with Crippen LogP contribution in [-0.4, -0.2) is 0 Å². The second kappa shape index (κ2) is 3.19. The normalized spacial score (nSPS) is 12.1. The Morgan fingerprint density at radius 3 is 2.00 bits per heavy atom. The van der Waals surface area contributed by atoms with Crippen molar-refractivity contribution in [2.45, 2.75) is 26.2 Å². The number of hydrogen-bond acceptors (Lipinski definition) is 1. The molecule has 3 heteroatoms. The van der Waals surface area contributed by atoms with E-state index in [4.69, 9.17) is 0 Å². The van der Waals surface area contributed by atoms with Gasteiger partial charge in [-0.15, -0.1) is 11.3 Å². The van der Waals surface area contributed by atoms with Crippen LogP contribution in [-0.2, 0) is 5.41 Å². The quantitative estimate of drug-likeness (QED) is 0.658. The Morgan fingerprint density at radius 2 is 1.82 bits per heavy atom. The van der Waals surface area contributed by atoms with Crippen LogP contribution in [0.15, 0.2) is 13.6 Å². The summed E-state index contributed by atoms with van der Waals surface area (Å²) in [4.78, 5) is 0. The molecule has 0 atom stereocenters. The molecule has 0 bridgehead atoms. The molecule has 0 radical (unpaired) electrons. The van der Waals surface area contributed by atoms with Crippen molar-refractivity contribution in [3.05, 3.63) is 19.2 Å². The lowest BCUT2D eigenvalue weighted by molar-refractivity contribution is 0.587. The van der Waals surface area contributed by atoms with Crippen molar-refractivity contribution in [1.29, 1.82) is 0 Å². The molecule has 1 rings (SSSR count). The van der Waals surface area contributed by atoms with Gasteiger partial charge in [-0.25, -0.2) is 0 Å². The molecular weight excluding hydrogens is 288 g/mol. The SMILES string of the molecule is CC(C)(C)c1c(Br)csc1Br. The van der Waals surface area contributed by atoms with Crippen molar-refractivity contribution in [3.8, 4) is 0 Å². The third-order valence-corrected chi connectivity index (χ3v) is 4.10. The summed E-state index contributed by atoms with van der Waals surface area (Å²) < 4.78 is 2.44. The molecule has 0 aliphatic rings. The van der Waals surface area contributed by atoms with Gasteiger partial charge in [0.25, 0.3) is 0 Å². The first kappa shape index (κ1) is 9.75. The zero-order valence-corrected chi connectivity index (χ0v) is 10.7. The number of halogens is 2. The van der Waals surface area contributed by atoms with Gasteiger partial charge in [-0.2, -0.15) is 0 Å².